The second-order valence-corrected chi connectivity index (χ2v) is 8.74. The SMILES string of the molecule is Cc1c(F)cc(NC(=O)Nc2cccc(-c3nn4c(c3-c3ccncc3)SCC4)c2)c(F)c1F. The smallest absolute Gasteiger partial charge is 0.308 e. The van der Waals surface area contributed by atoms with E-state index in [0.29, 0.717) is 5.69 Å². The number of nitrogens with one attached hydrogen (secondary N) is 2. The molecule has 0 radical (unpaired) electrons. The van der Waals surface area contributed by atoms with E-state index < -0.39 is 34.7 Å². The number of fused-ring (bicyclic) bond motifs is 1. The van der Waals surface area contributed by atoms with Gasteiger partial charge in [-0.05, 0) is 36.8 Å². The van der Waals surface area contributed by atoms with E-state index in [-0.39, 0.29) is 0 Å². The van der Waals surface area contributed by atoms with Crippen LogP contribution in [-0.2, 0) is 6.54 Å². The van der Waals surface area contributed by atoms with Crippen LogP contribution in [0.1, 0.15) is 5.56 Å². The van der Waals surface area contributed by atoms with Gasteiger partial charge in [0, 0.05) is 46.6 Å². The predicted octanol–water partition coefficient (Wildman–Crippen LogP) is 6.09. The van der Waals surface area contributed by atoms with Crippen LogP contribution in [0.15, 0.2) is 59.9 Å². The van der Waals surface area contributed by atoms with Crippen molar-refractivity contribution in [3.8, 4) is 22.4 Å². The lowest BCUT2D eigenvalue weighted by Gasteiger charge is -2.11. The van der Waals surface area contributed by atoms with Gasteiger partial charge in [0.1, 0.15) is 16.5 Å². The van der Waals surface area contributed by atoms with Gasteiger partial charge in [-0.1, -0.05) is 12.1 Å². The number of thioether (sulfide) groups is 1. The number of hydrogen-bond donors (Lipinski definition) is 2. The molecule has 1 aliphatic heterocycles. The second-order valence-electron chi connectivity index (χ2n) is 7.66. The second kappa shape index (κ2) is 8.86. The highest BCUT2D eigenvalue weighted by molar-refractivity contribution is 7.99. The van der Waals surface area contributed by atoms with Gasteiger partial charge >= 0.3 is 6.03 Å². The van der Waals surface area contributed by atoms with Crippen molar-refractivity contribution in [3.05, 3.63) is 77.9 Å². The van der Waals surface area contributed by atoms with E-state index in [9.17, 15) is 18.0 Å². The number of urea groups is 1. The number of rotatable bonds is 4. The molecular formula is C24H18F3N5OS. The van der Waals surface area contributed by atoms with E-state index in [1.54, 1.807) is 42.4 Å². The Balaban J connectivity index is 1.43. The summed E-state index contributed by atoms with van der Waals surface area (Å²) in [6.45, 7) is 1.92. The summed E-state index contributed by atoms with van der Waals surface area (Å²) in [5, 5.41) is 10.6. The Kier molecular flexibility index (Phi) is 5.74. The van der Waals surface area contributed by atoms with Gasteiger partial charge in [0.25, 0.3) is 0 Å². The molecule has 4 aromatic rings. The zero-order chi connectivity index (χ0) is 23.8. The van der Waals surface area contributed by atoms with Crippen molar-refractivity contribution in [2.24, 2.45) is 0 Å². The van der Waals surface area contributed by atoms with Gasteiger partial charge in [-0.2, -0.15) is 5.10 Å². The molecule has 0 bridgehead atoms. The lowest BCUT2D eigenvalue weighted by molar-refractivity contribution is 0.262. The van der Waals surface area contributed by atoms with Crippen LogP contribution in [0, 0.1) is 24.4 Å². The third-order valence-electron chi connectivity index (χ3n) is 5.45. The molecule has 2 aromatic carbocycles. The highest BCUT2D eigenvalue weighted by Gasteiger charge is 2.25. The summed E-state index contributed by atoms with van der Waals surface area (Å²) >= 11 is 1.73. The Hall–Kier alpha value is -3.79. The van der Waals surface area contributed by atoms with Gasteiger partial charge in [0.05, 0.1) is 12.2 Å². The summed E-state index contributed by atoms with van der Waals surface area (Å²) in [6, 6.07) is 10.8. The number of halogens is 3. The van der Waals surface area contributed by atoms with Crippen LogP contribution >= 0.6 is 11.8 Å². The molecule has 172 valence electrons. The fraction of sp³-hybridized carbons (Fsp3) is 0.125. The standard InChI is InChI=1S/C24H18F3N5OS/c1-13-17(25)12-18(21(27)20(13)26)30-24(33)29-16-4-2-3-15(11-16)22-19(14-5-7-28-8-6-14)23-32(31-22)9-10-34-23/h2-8,11-12H,9-10H2,1H3,(H2,29,30,33). The van der Waals surface area contributed by atoms with Crippen LogP contribution in [0.4, 0.5) is 29.3 Å². The molecule has 0 fully saturated rings. The zero-order valence-electron chi connectivity index (χ0n) is 17.9. The van der Waals surface area contributed by atoms with E-state index in [1.165, 1.54) is 0 Å². The molecule has 0 spiro atoms. The van der Waals surface area contributed by atoms with Crippen LogP contribution < -0.4 is 10.6 Å². The molecular weight excluding hydrogens is 463 g/mol. The minimum absolute atomic E-state index is 0.407. The van der Waals surface area contributed by atoms with Crippen molar-refractivity contribution in [2.75, 3.05) is 16.4 Å². The first-order valence-electron chi connectivity index (χ1n) is 10.4. The van der Waals surface area contributed by atoms with Gasteiger partial charge in [-0.15, -0.1) is 11.8 Å². The van der Waals surface area contributed by atoms with E-state index in [1.807, 2.05) is 22.9 Å². The molecule has 2 aromatic heterocycles. The number of carbonyl (C=O) groups excluding carboxylic acids is 1. The summed E-state index contributed by atoms with van der Waals surface area (Å²) < 4.78 is 43.7. The van der Waals surface area contributed by atoms with E-state index in [2.05, 4.69) is 15.6 Å². The molecule has 3 heterocycles. The Morgan fingerprint density at radius 1 is 1.03 bits per heavy atom. The molecule has 1 aliphatic rings. The van der Waals surface area contributed by atoms with Crippen molar-refractivity contribution in [2.45, 2.75) is 18.5 Å². The average molecular weight is 482 g/mol. The van der Waals surface area contributed by atoms with Crippen LogP contribution in [0.5, 0.6) is 0 Å². The fourth-order valence-electron chi connectivity index (χ4n) is 3.76. The quantitative estimate of drug-likeness (QED) is 0.346. The van der Waals surface area contributed by atoms with E-state index in [4.69, 9.17) is 5.10 Å². The summed E-state index contributed by atoms with van der Waals surface area (Å²) in [4.78, 5) is 16.5. The van der Waals surface area contributed by atoms with Crippen LogP contribution in [0.2, 0.25) is 0 Å². The number of aryl methyl sites for hydroxylation is 1. The van der Waals surface area contributed by atoms with Gasteiger partial charge < -0.3 is 10.6 Å². The molecule has 0 saturated carbocycles. The van der Waals surface area contributed by atoms with Gasteiger partial charge in [0.15, 0.2) is 11.6 Å². The average Bonchev–Trinajstić information content (AvgIpc) is 3.43. The van der Waals surface area contributed by atoms with E-state index in [0.717, 1.165) is 52.7 Å². The largest absolute Gasteiger partial charge is 0.323 e. The lowest BCUT2D eigenvalue weighted by atomic mass is 10.0. The third-order valence-corrected chi connectivity index (χ3v) is 6.52. The molecule has 2 amide bonds. The highest BCUT2D eigenvalue weighted by atomic mass is 32.2. The number of aromatic nitrogens is 3. The predicted molar refractivity (Wildman–Crippen MR) is 125 cm³/mol. The van der Waals surface area contributed by atoms with Crippen molar-refractivity contribution >= 4 is 29.2 Å². The number of hydrogen-bond acceptors (Lipinski definition) is 4. The number of pyridine rings is 1. The van der Waals surface area contributed by atoms with E-state index >= 15 is 0 Å². The normalized spacial score (nSPS) is 12.5. The molecule has 0 unspecified atom stereocenters. The molecule has 0 saturated heterocycles. The maximum Gasteiger partial charge on any atom is 0.323 e. The first-order chi connectivity index (χ1) is 16.4. The molecule has 0 atom stereocenters. The topological polar surface area (TPSA) is 71.8 Å². The Morgan fingerprint density at radius 3 is 2.62 bits per heavy atom. The first kappa shape index (κ1) is 22.0. The van der Waals surface area contributed by atoms with Crippen molar-refractivity contribution < 1.29 is 18.0 Å². The number of benzene rings is 2. The first-order valence-corrected chi connectivity index (χ1v) is 11.4. The number of carbonyl (C=O) groups is 1. The Morgan fingerprint density at radius 2 is 1.82 bits per heavy atom. The van der Waals surface area contributed by atoms with Crippen molar-refractivity contribution in [1.29, 1.82) is 0 Å². The highest BCUT2D eigenvalue weighted by Crippen LogP contribution is 2.42. The number of amides is 2. The molecule has 10 heteroatoms. The molecule has 6 nitrogen and oxygen atoms in total. The van der Waals surface area contributed by atoms with Crippen LogP contribution in [0.25, 0.3) is 22.4 Å². The maximum atomic E-state index is 14.1. The fourth-order valence-corrected chi connectivity index (χ4v) is 4.86. The maximum absolute atomic E-state index is 14.1. The lowest BCUT2D eigenvalue weighted by Crippen LogP contribution is -2.20. The van der Waals surface area contributed by atoms with Crippen LogP contribution in [-0.4, -0.2) is 26.5 Å². The molecule has 34 heavy (non-hydrogen) atoms. The number of nitrogens with zero attached hydrogens (tertiary/aromatic N) is 3. The number of anilines is 2. The van der Waals surface area contributed by atoms with Gasteiger partial charge in [-0.3, -0.25) is 9.67 Å². The summed E-state index contributed by atoms with van der Waals surface area (Å²) in [7, 11) is 0. The molecule has 2 N–H and O–H groups in total. The van der Waals surface area contributed by atoms with Crippen molar-refractivity contribution in [3.63, 3.8) is 0 Å². The van der Waals surface area contributed by atoms with Gasteiger partial charge in [-0.25, -0.2) is 18.0 Å². The minimum Gasteiger partial charge on any atom is -0.308 e. The Labute approximate surface area is 197 Å². The zero-order valence-corrected chi connectivity index (χ0v) is 18.7. The monoisotopic (exact) mass is 481 g/mol. The molecule has 0 aliphatic carbocycles. The van der Waals surface area contributed by atoms with Crippen LogP contribution in [0.3, 0.4) is 0 Å². The minimum atomic E-state index is -1.34. The Bertz CT molecular complexity index is 1410. The third kappa shape index (κ3) is 4.01. The van der Waals surface area contributed by atoms with Gasteiger partial charge in [0.2, 0.25) is 0 Å². The molecule has 5 rings (SSSR count). The summed E-state index contributed by atoms with van der Waals surface area (Å²) in [6.07, 6.45) is 3.45. The summed E-state index contributed by atoms with van der Waals surface area (Å²) in [5.74, 6) is -2.67. The summed E-state index contributed by atoms with van der Waals surface area (Å²) in [5.41, 5.74) is 2.86. The van der Waals surface area contributed by atoms with Crippen molar-refractivity contribution in [1.82, 2.24) is 14.8 Å².